The topological polar surface area (TPSA) is 144 Å². The van der Waals surface area contributed by atoms with Gasteiger partial charge in [0, 0.05) is 24.3 Å². The van der Waals surface area contributed by atoms with Gasteiger partial charge < -0.3 is 10.4 Å². The fraction of sp³-hybridized carbons (Fsp3) is 0. The van der Waals surface area contributed by atoms with Gasteiger partial charge in [-0.3, -0.25) is 20.2 Å². The summed E-state index contributed by atoms with van der Waals surface area (Å²) in [6, 6.07) is 20.7. The Labute approximate surface area is 205 Å². The van der Waals surface area contributed by atoms with Gasteiger partial charge in [0.2, 0.25) is 5.95 Å². The third-order valence-electron chi connectivity index (χ3n) is 4.97. The minimum atomic E-state index is -0.465. The molecule has 0 aliphatic heterocycles. The Hall–Kier alpha value is -5.38. The summed E-state index contributed by atoms with van der Waals surface area (Å²) in [7, 11) is 0. The van der Waals surface area contributed by atoms with Crippen LogP contribution >= 0.6 is 0 Å². The maximum absolute atomic E-state index is 11.1. The Morgan fingerprint density at radius 3 is 1.72 bits per heavy atom. The summed E-state index contributed by atoms with van der Waals surface area (Å²) in [6.07, 6.45) is 6.74. The number of nitro benzene ring substituents is 2. The Bertz CT molecular complexity index is 1410. The number of para-hydroxylation sites is 2. The molecule has 0 saturated carbocycles. The van der Waals surface area contributed by atoms with Crippen molar-refractivity contribution >= 4 is 47.3 Å². The lowest BCUT2D eigenvalue weighted by Gasteiger charge is -2.08. The molecule has 0 fully saturated rings. The average molecular weight is 481 g/mol. The van der Waals surface area contributed by atoms with E-state index in [-0.39, 0.29) is 23.1 Å². The number of aromatic nitrogens is 2. The van der Waals surface area contributed by atoms with Gasteiger partial charge in [0.05, 0.1) is 26.9 Å². The van der Waals surface area contributed by atoms with Gasteiger partial charge in [-0.25, -0.2) is 9.97 Å². The first-order valence-corrected chi connectivity index (χ1v) is 10.7. The monoisotopic (exact) mass is 481 g/mol. The van der Waals surface area contributed by atoms with Gasteiger partial charge in [-0.15, -0.1) is 0 Å². The maximum atomic E-state index is 11.1. The largest absolute Gasteiger partial charge is 0.506 e. The molecule has 0 saturated heterocycles. The van der Waals surface area contributed by atoms with E-state index in [0.29, 0.717) is 28.2 Å². The van der Waals surface area contributed by atoms with Gasteiger partial charge in [0.15, 0.2) is 0 Å². The summed E-state index contributed by atoms with van der Waals surface area (Å²) in [5, 5.41) is 35.2. The van der Waals surface area contributed by atoms with E-state index in [1.54, 1.807) is 72.8 Å². The van der Waals surface area contributed by atoms with Crippen molar-refractivity contribution in [2.75, 3.05) is 5.32 Å². The minimum absolute atomic E-state index is 0.0207. The van der Waals surface area contributed by atoms with E-state index in [2.05, 4.69) is 15.3 Å². The highest BCUT2D eigenvalue weighted by Crippen LogP contribution is 2.25. The number of anilines is 2. The number of nitro groups is 2. The molecule has 4 rings (SSSR count). The van der Waals surface area contributed by atoms with Crippen molar-refractivity contribution in [3.8, 4) is 5.75 Å². The summed E-state index contributed by atoms with van der Waals surface area (Å²) in [5.41, 5.74) is 2.58. The number of phenols is 1. The van der Waals surface area contributed by atoms with Gasteiger partial charge in [0.1, 0.15) is 5.75 Å². The van der Waals surface area contributed by atoms with Crippen LogP contribution in [0.1, 0.15) is 22.5 Å². The van der Waals surface area contributed by atoms with E-state index in [0.717, 1.165) is 0 Å². The van der Waals surface area contributed by atoms with Crippen molar-refractivity contribution in [1.82, 2.24) is 9.97 Å². The number of non-ortho nitro benzene ring substituents is 2. The molecule has 4 aromatic rings. The Morgan fingerprint density at radius 2 is 1.22 bits per heavy atom. The normalized spacial score (nSPS) is 11.1. The Morgan fingerprint density at radius 1 is 0.694 bits per heavy atom. The van der Waals surface area contributed by atoms with Crippen LogP contribution in [0.5, 0.6) is 5.75 Å². The van der Waals surface area contributed by atoms with Crippen LogP contribution < -0.4 is 5.32 Å². The SMILES string of the molecule is O=[N+]([O-])c1cccc(/C=C/c2cc(/C=C/c3cccc([N+](=O)[O-])c3)nc(Nc3ccccc3O)n2)c1. The molecule has 0 amide bonds. The standard InChI is InChI=1S/C26H19N5O5/c32-25-10-2-1-9-24(25)29-26-27-20(13-11-18-5-3-7-22(15-18)30(33)34)17-21(28-26)14-12-19-6-4-8-23(16-19)31(35)36/h1-17,32H,(H,27,28,29)/b13-11+,14-12+. The lowest BCUT2D eigenvalue weighted by atomic mass is 10.1. The molecule has 10 nitrogen and oxygen atoms in total. The van der Waals surface area contributed by atoms with E-state index in [1.165, 1.54) is 30.3 Å². The zero-order valence-corrected chi connectivity index (χ0v) is 18.7. The number of aromatic hydroxyl groups is 1. The van der Waals surface area contributed by atoms with E-state index in [9.17, 15) is 25.3 Å². The van der Waals surface area contributed by atoms with E-state index in [1.807, 2.05) is 0 Å². The third-order valence-corrected chi connectivity index (χ3v) is 4.97. The summed E-state index contributed by atoms with van der Waals surface area (Å²) < 4.78 is 0. The van der Waals surface area contributed by atoms with Gasteiger partial charge in [0.25, 0.3) is 11.4 Å². The molecule has 178 valence electrons. The van der Waals surface area contributed by atoms with Crippen LogP contribution in [0.15, 0.2) is 78.9 Å². The lowest BCUT2D eigenvalue weighted by Crippen LogP contribution is -2.00. The third kappa shape index (κ3) is 6.14. The highest BCUT2D eigenvalue weighted by molar-refractivity contribution is 5.74. The molecule has 1 aromatic heterocycles. The van der Waals surface area contributed by atoms with Crippen LogP contribution in [0.3, 0.4) is 0 Å². The quantitative estimate of drug-likeness (QED) is 0.175. The Balaban J connectivity index is 1.68. The predicted octanol–water partition coefficient (Wildman–Crippen LogP) is 6.08. The molecular formula is C26H19N5O5. The van der Waals surface area contributed by atoms with Gasteiger partial charge >= 0.3 is 0 Å². The van der Waals surface area contributed by atoms with Crippen molar-refractivity contribution < 1.29 is 15.0 Å². The van der Waals surface area contributed by atoms with Crippen LogP contribution in [0.4, 0.5) is 23.0 Å². The van der Waals surface area contributed by atoms with Crippen LogP contribution in [0.25, 0.3) is 24.3 Å². The zero-order chi connectivity index (χ0) is 25.5. The second kappa shape index (κ2) is 10.7. The first-order chi connectivity index (χ1) is 17.4. The highest BCUT2D eigenvalue weighted by atomic mass is 16.6. The second-order valence-electron chi connectivity index (χ2n) is 7.55. The molecule has 0 unspecified atom stereocenters. The van der Waals surface area contributed by atoms with Crippen molar-refractivity contribution in [3.05, 3.63) is 122 Å². The lowest BCUT2D eigenvalue weighted by molar-refractivity contribution is -0.385. The maximum Gasteiger partial charge on any atom is 0.270 e. The number of benzene rings is 3. The number of rotatable bonds is 8. The molecule has 0 bridgehead atoms. The molecule has 0 atom stereocenters. The molecular weight excluding hydrogens is 462 g/mol. The molecule has 0 aliphatic carbocycles. The second-order valence-corrected chi connectivity index (χ2v) is 7.55. The fourth-order valence-corrected chi connectivity index (χ4v) is 3.26. The van der Waals surface area contributed by atoms with E-state index < -0.39 is 9.85 Å². The molecule has 0 radical (unpaired) electrons. The number of nitrogens with zero attached hydrogens (tertiary/aromatic N) is 4. The average Bonchev–Trinajstić information content (AvgIpc) is 2.88. The molecule has 36 heavy (non-hydrogen) atoms. The molecule has 10 heteroatoms. The number of hydrogen-bond donors (Lipinski definition) is 2. The van der Waals surface area contributed by atoms with Crippen molar-refractivity contribution in [2.45, 2.75) is 0 Å². The fourth-order valence-electron chi connectivity index (χ4n) is 3.26. The van der Waals surface area contributed by atoms with Crippen molar-refractivity contribution in [3.63, 3.8) is 0 Å². The first-order valence-electron chi connectivity index (χ1n) is 10.7. The van der Waals surface area contributed by atoms with Crippen molar-refractivity contribution in [2.24, 2.45) is 0 Å². The van der Waals surface area contributed by atoms with Crippen molar-refractivity contribution in [1.29, 1.82) is 0 Å². The Kier molecular flexibility index (Phi) is 7.06. The van der Waals surface area contributed by atoms with Crippen LogP contribution in [-0.4, -0.2) is 24.9 Å². The summed E-state index contributed by atoms with van der Waals surface area (Å²) >= 11 is 0. The van der Waals surface area contributed by atoms with Gasteiger partial charge in [-0.05, 0) is 41.5 Å². The predicted molar refractivity (Wildman–Crippen MR) is 137 cm³/mol. The van der Waals surface area contributed by atoms with Gasteiger partial charge in [-0.1, -0.05) is 48.6 Å². The molecule has 0 spiro atoms. The molecule has 0 aliphatic rings. The van der Waals surface area contributed by atoms with Crippen LogP contribution in [-0.2, 0) is 0 Å². The highest BCUT2D eigenvalue weighted by Gasteiger charge is 2.08. The minimum Gasteiger partial charge on any atom is -0.506 e. The number of phenolic OH excluding ortho intramolecular Hbond substituents is 1. The summed E-state index contributed by atoms with van der Waals surface area (Å²) in [4.78, 5) is 30.1. The zero-order valence-electron chi connectivity index (χ0n) is 18.7. The smallest absolute Gasteiger partial charge is 0.270 e. The van der Waals surface area contributed by atoms with E-state index >= 15 is 0 Å². The van der Waals surface area contributed by atoms with E-state index in [4.69, 9.17) is 0 Å². The first kappa shape index (κ1) is 23.8. The molecule has 3 aromatic carbocycles. The summed E-state index contributed by atoms with van der Waals surface area (Å²) in [5.74, 6) is 0.226. The molecule has 1 heterocycles. The van der Waals surface area contributed by atoms with Crippen LogP contribution in [0, 0.1) is 20.2 Å². The molecule has 2 N–H and O–H groups in total. The summed E-state index contributed by atoms with van der Waals surface area (Å²) in [6.45, 7) is 0. The number of hydrogen-bond acceptors (Lipinski definition) is 8. The van der Waals surface area contributed by atoms with Gasteiger partial charge in [-0.2, -0.15) is 0 Å². The van der Waals surface area contributed by atoms with Crippen LogP contribution in [0.2, 0.25) is 0 Å². The number of nitrogens with one attached hydrogen (secondary N) is 1.